The Morgan fingerprint density at radius 1 is 0.600 bits per heavy atom. The Hall–Kier alpha value is -3.28. The Bertz CT molecular complexity index is 1030. The summed E-state index contributed by atoms with van der Waals surface area (Å²) in [5.41, 5.74) is 0.530. The number of hydrogen-bond acceptors (Lipinski definition) is 4. The minimum Gasteiger partial charge on any atom is -0.274 e. The number of anilines is 2. The Kier molecular flexibility index (Phi) is 3.53. The third-order valence-electron chi connectivity index (χ3n) is 7.25. The van der Waals surface area contributed by atoms with E-state index < -0.39 is 46.3 Å². The summed E-state index contributed by atoms with van der Waals surface area (Å²) < 4.78 is 0. The molecule has 30 heavy (non-hydrogen) atoms. The van der Waals surface area contributed by atoms with Crippen LogP contribution in [0.1, 0.15) is 25.0 Å². The summed E-state index contributed by atoms with van der Waals surface area (Å²) >= 11 is 0. The lowest BCUT2D eigenvalue weighted by atomic mass is 9.41. The van der Waals surface area contributed by atoms with Crippen molar-refractivity contribution in [2.75, 3.05) is 9.80 Å². The molecule has 152 valence electrons. The van der Waals surface area contributed by atoms with E-state index in [2.05, 4.69) is 0 Å². The molecule has 0 bridgehead atoms. The molecule has 4 amide bonds. The molecule has 0 spiro atoms. The van der Waals surface area contributed by atoms with Crippen LogP contribution in [-0.2, 0) is 19.2 Å². The number of aryl methyl sites for hydroxylation is 2. The molecule has 0 atom stereocenters. The van der Waals surface area contributed by atoms with E-state index in [1.165, 1.54) is 0 Å². The summed E-state index contributed by atoms with van der Waals surface area (Å²) in [6.07, 6.45) is 0. The largest absolute Gasteiger partial charge is 0.274 e. The summed E-state index contributed by atoms with van der Waals surface area (Å²) in [5, 5.41) is 0. The van der Waals surface area contributed by atoms with Crippen molar-refractivity contribution in [1.29, 1.82) is 0 Å². The lowest BCUT2D eigenvalue weighted by molar-refractivity contribution is -0.179. The molecule has 0 radical (unpaired) electrons. The summed E-state index contributed by atoms with van der Waals surface area (Å²) in [4.78, 5) is 55.9. The third-order valence-corrected chi connectivity index (χ3v) is 7.25. The van der Waals surface area contributed by atoms with E-state index in [0.717, 1.165) is 20.9 Å². The molecule has 3 aliphatic rings. The average molecular weight is 402 g/mol. The van der Waals surface area contributed by atoms with E-state index in [-0.39, 0.29) is 0 Å². The number of carbonyl (C=O) groups excluding carboxylic acids is 4. The van der Waals surface area contributed by atoms with Crippen molar-refractivity contribution in [2.24, 2.45) is 22.7 Å². The van der Waals surface area contributed by atoms with Gasteiger partial charge < -0.3 is 0 Å². The minimum absolute atomic E-state index is 0.406. The van der Waals surface area contributed by atoms with Gasteiger partial charge in [0.15, 0.2) is 0 Å². The van der Waals surface area contributed by atoms with Gasteiger partial charge in [0.1, 0.15) is 0 Å². The van der Waals surface area contributed by atoms with E-state index in [1.54, 1.807) is 38.1 Å². The van der Waals surface area contributed by atoms with E-state index >= 15 is 0 Å². The molecule has 0 unspecified atom stereocenters. The molecule has 2 aromatic rings. The highest BCUT2D eigenvalue weighted by Gasteiger charge is 2.85. The van der Waals surface area contributed by atoms with Crippen molar-refractivity contribution in [3.63, 3.8) is 0 Å². The van der Waals surface area contributed by atoms with Crippen LogP contribution in [-0.4, -0.2) is 23.6 Å². The molecule has 3 fully saturated rings. The molecule has 6 heteroatoms. The molecule has 2 saturated heterocycles. The zero-order chi connectivity index (χ0) is 21.6. The van der Waals surface area contributed by atoms with E-state index in [0.29, 0.717) is 11.4 Å². The lowest BCUT2D eigenvalue weighted by Gasteiger charge is -2.53. The van der Waals surface area contributed by atoms with Crippen LogP contribution in [0, 0.1) is 36.5 Å². The normalized spacial score (nSPS) is 32.4. The van der Waals surface area contributed by atoms with E-state index in [1.807, 2.05) is 38.1 Å². The topological polar surface area (TPSA) is 74.8 Å². The third kappa shape index (κ3) is 1.94. The Morgan fingerprint density at radius 2 is 0.900 bits per heavy atom. The van der Waals surface area contributed by atoms with Gasteiger partial charge in [-0.2, -0.15) is 0 Å². The van der Waals surface area contributed by atoms with Gasteiger partial charge in [-0.3, -0.25) is 19.2 Å². The van der Waals surface area contributed by atoms with Gasteiger partial charge in [-0.1, -0.05) is 35.4 Å². The minimum atomic E-state index is -1.22. The second-order valence-electron chi connectivity index (χ2n) is 9.06. The van der Waals surface area contributed by atoms with Crippen molar-refractivity contribution >= 4 is 35.0 Å². The smallest absolute Gasteiger partial charge is 0.241 e. The molecule has 5 rings (SSSR count). The Labute approximate surface area is 174 Å². The summed E-state index contributed by atoms with van der Waals surface area (Å²) in [6, 6.07) is 14.2. The van der Waals surface area contributed by atoms with Crippen molar-refractivity contribution in [3.05, 3.63) is 59.7 Å². The molecule has 1 saturated carbocycles. The highest BCUT2D eigenvalue weighted by atomic mass is 16.2. The van der Waals surface area contributed by atoms with Crippen LogP contribution in [0.3, 0.4) is 0 Å². The standard InChI is InChI=1S/C24H22N2O4/c1-13-5-9-15(10-6-13)25-19(27)17-23(3,21(25)29)18-20(28)26(22(30)24(17,18)4)16-11-7-14(2)8-12-16/h5-12,17-18H,1-4H3. The summed E-state index contributed by atoms with van der Waals surface area (Å²) in [7, 11) is 0. The fraction of sp³-hybridized carbons (Fsp3) is 0.333. The van der Waals surface area contributed by atoms with Crippen LogP contribution in [0.4, 0.5) is 11.4 Å². The number of carbonyl (C=O) groups is 4. The fourth-order valence-corrected chi connectivity index (χ4v) is 5.82. The van der Waals surface area contributed by atoms with Gasteiger partial charge in [-0.25, -0.2) is 9.80 Å². The van der Waals surface area contributed by atoms with Crippen molar-refractivity contribution in [2.45, 2.75) is 27.7 Å². The van der Waals surface area contributed by atoms with Crippen LogP contribution in [0.15, 0.2) is 48.5 Å². The van der Waals surface area contributed by atoms with Crippen LogP contribution < -0.4 is 9.80 Å². The van der Waals surface area contributed by atoms with Gasteiger partial charge in [0.2, 0.25) is 23.6 Å². The molecule has 2 aromatic carbocycles. The first-order valence-electron chi connectivity index (χ1n) is 10.0. The van der Waals surface area contributed by atoms with Crippen molar-refractivity contribution < 1.29 is 19.2 Å². The molecule has 0 N–H and O–H groups in total. The number of amides is 4. The number of imide groups is 2. The predicted molar refractivity (Wildman–Crippen MR) is 111 cm³/mol. The monoisotopic (exact) mass is 402 g/mol. The predicted octanol–water partition coefficient (Wildman–Crippen LogP) is 3.01. The Morgan fingerprint density at radius 3 is 1.20 bits per heavy atom. The van der Waals surface area contributed by atoms with Crippen LogP contribution in [0.2, 0.25) is 0 Å². The number of hydrogen-bond donors (Lipinski definition) is 0. The molecule has 0 aromatic heterocycles. The lowest BCUT2D eigenvalue weighted by Crippen LogP contribution is -2.65. The summed E-state index contributed by atoms with van der Waals surface area (Å²) in [5.74, 6) is -3.33. The number of rotatable bonds is 2. The van der Waals surface area contributed by atoms with Gasteiger partial charge in [0, 0.05) is 0 Å². The zero-order valence-corrected chi connectivity index (χ0v) is 17.3. The van der Waals surface area contributed by atoms with Crippen LogP contribution >= 0.6 is 0 Å². The maximum absolute atomic E-state index is 13.4. The molecule has 2 aliphatic heterocycles. The van der Waals surface area contributed by atoms with Gasteiger partial charge in [0.25, 0.3) is 0 Å². The number of nitrogens with zero attached hydrogens (tertiary/aromatic N) is 2. The first-order chi connectivity index (χ1) is 14.1. The van der Waals surface area contributed by atoms with Crippen molar-refractivity contribution in [1.82, 2.24) is 0 Å². The van der Waals surface area contributed by atoms with E-state index in [9.17, 15) is 19.2 Å². The number of benzene rings is 2. The highest BCUT2D eigenvalue weighted by Crippen LogP contribution is 2.71. The molecular formula is C24H22N2O4. The fourth-order valence-electron chi connectivity index (χ4n) is 5.82. The van der Waals surface area contributed by atoms with Gasteiger partial charge in [-0.05, 0) is 52.0 Å². The molecule has 6 nitrogen and oxygen atoms in total. The number of fused-ring (bicyclic) bond motifs is 4. The molecular weight excluding hydrogens is 380 g/mol. The van der Waals surface area contributed by atoms with Crippen LogP contribution in [0.25, 0.3) is 0 Å². The van der Waals surface area contributed by atoms with Gasteiger partial charge in [0.05, 0.1) is 34.0 Å². The average Bonchev–Trinajstić information content (AvgIpc) is 2.98. The van der Waals surface area contributed by atoms with E-state index in [4.69, 9.17) is 0 Å². The quantitative estimate of drug-likeness (QED) is 0.724. The SMILES string of the molecule is Cc1ccc(N2C(=O)C3C(C)(C2=O)C2C(=O)N(c4ccc(C)cc4)C(=O)C32C)cc1. The highest BCUT2D eigenvalue weighted by molar-refractivity contribution is 6.34. The maximum Gasteiger partial charge on any atom is 0.241 e. The van der Waals surface area contributed by atoms with Crippen LogP contribution in [0.5, 0.6) is 0 Å². The summed E-state index contributed by atoms with van der Waals surface area (Å²) in [6.45, 7) is 7.15. The first-order valence-corrected chi connectivity index (χ1v) is 10.0. The first kappa shape index (κ1) is 18.7. The second kappa shape index (κ2) is 5.65. The molecule has 1 aliphatic carbocycles. The van der Waals surface area contributed by atoms with Crippen molar-refractivity contribution in [3.8, 4) is 0 Å². The maximum atomic E-state index is 13.4. The van der Waals surface area contributed by atoms with Gasteiger partial charge in [-0.15, -0.1) is 0 Å². The zero-order valence-electron chi connectivity index (χ0n) is 17.3. The second-order valence-corrected chi connectivity index (χ2v) is 9.06. The van der Waals surface area contributed by atoms with Gasteiger partial charge >= 0.3 is 0 Å². The Balaban J connectivity index is 1.58. The molecule has 2 heterocycles.